The highest BCUT2D eigenvalue weighted by molar-refractivity contribution is 6.25. The summed E-state index contributed by atoms with van der Waals surface area (Å²) in [6.07, 6.45) is -0.609. The molecule has 0 bridgehead atoms. The number of nitrogens with zero attached hydrogens (tertiary/aromatic N) is 3. The number of anilines is 1. The number of imide groups is 1. The minimum atomic E-state index is -2.20. The van der Waals surface area contributed by atoms with Crippen LogP contribution in [0.1, 0.15) is 76.5 Å². The van der Waals surface area contributed by atoms with E-state index >= 15 is 19.2 Å². The Morgan fingerprint density at radius 3 is 2.04 bits per heavy atom. The van der Waals surface area contributed by atoms with Crippen molar-refractivity contribution in [2.75, 3.05) is 53.1 Å². The van der Waals surface area contributed by atoms with E-state index in [0.717, 1.165) is 16.0 Å². The molecule has 10 rings (SSSR count). The van der Waals surface area contributed by atoms with Gasteiger partial charge in [-0.15, -0.1) is 0 Å². The Morgan fingerprint density at radius 1 is 0.744 bits per heavy atom. The Kier molecular flexibility index (Phi) is 15.0. The molecular formula is C62H60N4O12. The maximum Gasteiger partial charge on any atom is 0.329 e. The van der Waals surface area contributed by atoms with Crippen LogP contribution in [0.15, 0.2) is 140 Å². The van der Waals surface area contributed by atoms with E-state index in [1.807, 2.05) is 89.8 Å². The fourth-order valence-electron chi connectivity index (χ4n) is 11.8. The molecule has 4 amide bonds. The Balaban J connectivity index is 1.29. The number of aliphatic hydroxyl groups is 1. The Bertz CT molecular complexity index is 3320. The van der Waals surface area contributed by atoms with E-state index in [4.69, 9.17) is 28.4 Å². The maximum atomic E-state index is 17.1. The smallest absolute Gasteiger partial charge is 0.329 e. The number of carbonyl (C=O) groups excluding carboxylic acids is 5. The number of cyclic esters (lactones) is 1. The van der Waals surface area contributed by atoms with Gasteiger partial charge in [-0.05, 0) is 101 Å². The Hall–Kier alpha value is -8.65. The number of esters is 2. The van der Waals surface area contributed by atoms with Crippen LogP contribution >= 0.6 is 0 Å². The van der Waals surface area contributed by atoms with Crippen LogP contribution in [-0.4, -0.2) is 105 Å². The van der Waals surface area contributed by atoms with Gasteiger partial charge in [0.25, 0.3) is 0 Å². The normalized spacial score (nSPS) is 21.6. The van der Waals surface area contributed by atoms with Gasteiger partial charge in [0, 0.05) is 29.8 Å². The standard InChI is InChI=1S/C62H60N4O12/c1-37(2)52(58(69)76-6)63-61(72)65-47-28-25-39(22-21-38-23-26-44(73-3)27-24-38)33-46(47)62(60(65)71)51(57(68)64-30-29-42-34-49(74-4)50(75-5)35-43(42)36-64)54-59(70)78-55(41-17-11-8-12-18-41)53(40-15-9-7-10-16-40)66(54)56(62)45-19-13-14-20-48(45)77-32-31-67/h7-20,23-28,33-35,37,51-56,67H,29-32,36H2,1-6H3,(H,63,72). The summed E-state index contributed by atoms with van der Waals surface area (Å²) < 4.78 is 35.0. The van der Waals surface area contributed by atoms with Gasteiger partial charge in [0.15, 0.2) is 11.5 Å². The first kappa shape index (κ1) is 52.8. The number of fused-ring (bicyclic) bond motifs is 4. The van der Waals surface area contributed by atoms with Crippen molar-refractivity contribution in [2.24, 2.45) is 11.8 Å². The van der Waals surface area contributed by atoms with Crippen LogP contribution in [0, 0.1) is 23.7 Å². The summed E-state index contributed by atoms with van der Waals surface area (Å²) in [5.41, 5.74) is 2.64. The van der Waals surface area contributed by atoms with E-state index in [0.29, 0.717) is 51.5 Å². The topological polar surface area (TPSA) is 183 Å². The van der Waals surface area contributed by atoms with E-state index in [1.165, 1.54) is 14.2 Å². The number of methoxy groups -OCH3 is 4. The minimum Gasteiger partial charge on any atom is -0.497 e. The maximum absolute atomic E-state index is 17.1. The molecule has 0 saturated carbocycles. The third-order valence-electron chi connectivity index (χ3n) is 15.4. The van der Waals surface area contributed by atoms with Gasteiger partial charge in [-0.25, -0.2) is 14.5 Å². The molecule has 6 aromatic rings. The molecule has 2 fully saturated rings. The number of para-hydroxylation sites is 1. The van der Waals surface area contributed by atoms with Gasteiger partial charge in [0.2, 0.25) is 11.8 Å². The highest BCUT2D eigenvalue weighted by Crippen LogP contribution is 2.67. The van der Waals surface area contributed by atoms with E-state index in [-0.39, 0.29) is 43.3 Å². The average Bonchev–Trinajstić information content (AvgIpc) is 4.17. The second kappa shape index (κ2) is 22.1. The van der Waals surface area contributed by atoms with Crippen LogP contribution in [0.2, 0.25) is 0 Å². The molecular weight excluding hydrogens is 993 g/mol. The van der Waals surface area contributed by atoms with Crippen LogP contribution in [0.4, 0.5) is 10.5 Å². The molecule has 0 aromatic heterocycles. The molecule has 2 N–H and O–H groups in total. The summed E-state index contributed by atoms with van der Waals surface area (Å²) in [5.74, 6) is 3.36. The van der Waals surface area contributed by atoms with E-state index < -0.39 is 77.3 Å². The van der Waals surface area contributed by atoms with E-state index in [1.54, 1.807) is 87.6 Å². The lowest BCUT2D eigenvalue weighted by Gasteiger charge is -2.46. The summed E-state index contributed by atoms with van der Waals surface area (Å²) in [6, 6.07) is 35.9. The lowest BCUT2D eigenvalue weighted by molar-refractivity contribution is -0.179. The summed E-state index contributed by atoms with van der Waals surface area (Å²) in [6.45, 7) is 3.21. The predicted molar refractivity (Wildman–Crippen MR) is 288 cm³/mol. The number of amides is 4. The number of hydrogen-bond donors (Lipinski definition) is 2. The van der Waals surface area contributed by atoms with Crippen molar-refractivity contribution in [1.29, 1.82) is 0 Å². The van der Waals surface area contributed by atoms with Crippen LogP contribution < -0.4 is 29.2 Å². The van der Waals surface area contributed by atoms with Crippen LogP contribution in [0.3, 0.4) is 0 Å². The zero-order valence-electron chi connectivity index (χ0n) is 44.1. The monoisotopic (exact) mass is 1050 g/mol. The molecule has 16 nitrogen and oxygen atoms in total. The van der Waals surface area contributed by atoms with E-state index in [2.05, 4.69) is 17.2 Å². The second-order valence-corrected chi connectivity index (χ2v) is 19.9. The summed E-state index contributed by atoms with van der Waals surface area (Å²) in [5, 5.41) is 13.1. The fourth-order valence-corrected chi connectivity index (χ4v) is 11.8. The van der Waals surface area contributed by atoms with Gasteiger partial charge in [-0.1, -0.05) is 105 Å². The van der Waals surface area contributed by atoms with Crippen molar-refractivity contribution < 1.29 is 57.5 Å². The molecule has 78 heavy (non-hydrogen) atoms. The number of hydrogen-bond acceptors (Lipinski definition) is 13. The number of nitrogens with one attached hydrogen (secondary N) is 1. The molecule has 16 heteroatoms. The lowest BCUT2D eigenvalue weighted by atomic mass is 9.64. The number of urea groups is 1. The van der Waals surface area contributed by atoms with Crippen molar-refractivity contribution in [3.8, 4) is 34.8 Å². The van der Waals surface area contributed by atoms with Crippen LogP contribution in [0.5, 0.6) is 23.0 Å². The van der Waals surface area contributed by atoms with Gasteiger partial charge in [-0.2, -0.15) is 0 Å². The number of aliphatic hydroxyl groups excluding tert-OH is 1. The first-order valence-corrected chi connectivity index (χ1v) is 25.8. The third kappa shape index (κ3) is 9.22. The van der Waals surface area contributed by atoms with Crippen LogP contribution in [-0.2, 0) is 47.0 Å². The molecule has 7 unspecified atom stereocenters. The van der Waals surface area contributed by atoms with Gasteiger partial charge in [0.05, 0.1) is 58.7 Å². The zero-order chi connectivity index (χ0) is 54.8. The van der Waals surface area contributed by atoms with E-state index in [9.17, 15) is 9.90 Å². The molecule has 400 valence electrons. The van der Waals surface area contributed by atoms with Crippen molar-refractivity contribution in [2.45, 2.75) is 62.5 Å². The zero-order valence-corrected chi connectivity index (χ0v) is 44.1. The molecule has 4 aliphatic rings. The molecule has 6 aromatic carbocycles. The average molecular weight is 1050 g/mol. The predicted octanol–water partition coefficient (Wildman–Crippen LogP) is 7.64. The van der Waals surface area contributed by atoms with Crippen molar-refractivity contribution in [1.82, 2.24) is 15.1 Å². The summed E-state index contributed by atoms with van der Waals surface area (Å²) in [4.78, 5) is 83.1. The van der Waals surface area contributed by atoms with Crippen molar-refractivity contribution in [3.05, 3.63) is 184 Å². The highest BCUT2D eigenvalue weighted by Gasteiger charge is 2.76. The number of rotatable bonds is 13. The molecule has 1 spiro atoms. The summed E-state index contributed by atoms with van der Waals surface area (Å²) >= 11 is 0. The Morgan fingerprint density at radius 2 is 1.38 bits per heavy atom. The van der Waals surface area contributed by atoms with Gasteiger partial charge in [0.1, 0.15) is 41.7 Å². The van der Waals surface area contributed by atoms with Crippen LogP contribution in [0.25, 0.3) is 0 Å². The fraction of sp³-hybridized carbons (Fsp3) is 0.306. The van der Waals surface area contributed by atoms with Crippen molar-refractivity contribution in [3.63, 3.8) is 0 Å². The number of ether oxygens (including phenoxy) is 6. The first-order chi connectivity index (χ1) is 37.9. The number of morpholine rings is 1. The molecule has 0 aliphatic carbocycles. The highest BCUT2D eigenvalue weighted by atomic mass is 16.6. The molecule has 4 aliphatic heterocycles. The Labute approximate surface area is 452 Å². The molecule has 4 heterocycles. The first-order valence-electron chi connectivity index (χ1n) is 25.8. The second-order valence-electron chi connectivity index (χ2n) is 19.9. The summed E-state index contributed by atoms with van der Waals surface area (Å²) in [7, 11) is 5.88. The largest absolute Gasteiger partial charge is 0.497 e. The number of carbonyl (C=O) groups is 5. The third-order valence-corrected chi connectivity index (χ3v) is 15.4. The number of benzene rings is 6. The lowest BCUT2D eigenvalue weighted by Crippen LogP contribution is -2.58. The molecule has 0 radical (unpaired) electrons. The van der Waals surface area contributed by atoms with Gasteiger partial charge < -0.3 is 43.7 Å². The minimum absolute atomic E-state index is 0.0618. The van der Waals surface area contributed by atoms with Gasteiger partial charge in [-0.3, -0.25) is 19.3 Å². The quantitative estimate of drug-likeness (QED) is 0.0851. The van der Waals surface area contributed by atoms with Crippen molar-refractivity contribution >= 4 is 35.5 Å². The SMILES string of the molecule is COC(=O)C(NC(=O)N1C(=O)C2(c3cc(C#Cc4ccc(OC)cc4)ccc31)C(C(=O)N1CCc3cc(OC)c(OC)cc3C1)C1C(=O)OC(c3ccccc3)C(c3ccccc3)N1C2c1ccccc1OCCO)C(C)C. The molecule has 2 saturated heterocycles. The molecule has 7 atom stereocenters. The van der Waals surface area contributed by atoms with Gasteiger partial charge >= 0.3 is 18.0 Å².